The van der Waals surface area contributed by atoms with Gasteiger partial charge in [0.15, 0.2) is 0 Å². The number of hydrogen-bond donors (Lipinski definition) is 2. The molecule has 2 aromatic rings. The highest BCUT2D eigenvalue weighted by atomic mass is 16.5. The zero-order chi connectivity index (χ0) is 17.6. The lowest BCUT2D eigenvalue weighted by Crippen LogP contribution is -2.31. The number of benzene rings is 1. The van der Waals surface area contributed by atoms with Crippen LogP contribution in [0.2, 0.25) is 0 Å². The minimum atomic E-state index is -0.0490. The summed E-state index contributed by atoms with van der Waals surface area (Å²) in [6, 6.07) is 11.8. The molecule has 5 nitrogen and oxygen atoms in total. The highest BCUT2D eigenvalue weighted by Crippen LogP contribution is 2.16. The van der Waals surface area contributed by atoms with E-state index in [9.17, 15) is 4.79 Å². The summed E-state index contributed by atoms with van der Waals surface area (Å²) in [6.07, 6.45) is 2.26. The van der Waals surface area contributed by atoms with Crippen molar-refractivity contribution in [3.8, 4) is 0 Å². The molecule has 2 heterocycles. The zero-order valence-corrected chi connectivity index (χ0v) is 14.9. The van der Waals surface area contributed by atoms with Gasteiger partial charge in [0.1, 0.15) is 11.5 Å². The summed E-state index contributed by atoms with van der Waals surface area (Å²) < 4.78 is 11.2. The lowest BCUT2D eigenvalue weighted by atomic mass is 10.1. The van der Waals surface area contributed by atoms with E-state index < -0.39 is 0 Å². The Balaban J connectivity index is 1.52. The summed E-state index contributed by atoms with van der Waals surface area (Å²) in [5.74, 6) is 1.78. The Morgan fingerprint density at radius 2 is 2.20 bits per heavy atom. The van der Waals surface area contributed by atoms with Gasteiger partial charge in [0.05, 0.1) is 12.1 Å². The average Bonchev–Trinajstić information content (AvgIpc) is 3.29. The van der Waals surface area contributed by atoms with Gasteiger partial charge in [-0.05, 0) is 56.5 Å². The monoisotopic (exact) mass is 342 g/mol. The van der Waals surface area contributed by atoms with E-state index in [0.717, 1.165) is 36.5 Å². The van der Waals surface area contributed by atoms with Gasteiger partial charge in [-0.25, -0.2) is 0 Å². The van der Waals surface area contributed by atoms with Gasteiger partial charge >= 0.3 is 0 Å². The summed E-state index contributed by atoms with van der Waals surface area (Å²) in [5, 5.41) is 6.39. The van der Waals surface area contributed by atoms with Crippen LogP contribution in [0, 0.1) is 6.92 Å². The molecule has 1 saturated heterocycles. The first-order valence-corrected chi connectivity index (χ1v) is 8.90. The first kappa shape index (κ1) is 17.7. The summed E-state index contributed by atoms with van der Waals surface area (Å²) >= 11 is 0. The van der Waals surface area contributed by atoms with Gasteiger partial charge in [-0.15, -0.1) is 0 Å². The maximum Gasteiger partial charge on any atom is 0.251 e. The standard InChI is InChI=1S/C20H26N2O3/c1-14-8-9-19(25-14)15(2)21-12-16-5-3-6-17(11-16)20(23)22-13-18-7-4-10-24-18/h3,5-6,8-9,11,15,18,21H,4,7,10,12-13H2,1-2H3,(H,22,23)/t15-,18-/m1/s1. The second-order valence-electron chi connectivity index (χ2n) is 6.60. The molecule has 25 heavy (non-hydrogen) atoms. The summed E-state index contributed by atoms with van der Waals surface area (Å²) in [7, 11) is 0. The zero-order valence-electron chi connectivity index (χ0n) is 14.9. The molecule has 1 fully saturated rings. The predicted molar refractivity (Wildman–Crippen MR) is 96.4 cm³/mol. The molecular weight excluding hydrogens is 316 g/mol. The van der Waals surface area contributed by atoms with E-state index in [-0.39, 0.29) is 18.1 Å². The largest absolute Gasteiger partial charge is 0.465 e. The number of hydrogen-bond acceptors (Lipinski definition) is 4. The number of ether oxygens (including phenoxy) is 1. The van der Waals surface area contributed by atoms with E-state index in [2.05, 4.69) is 17.6 Å². The molecule has 0 spiro atoms. The number of furan rings is 1. The molecule has 0 aliphatic carbocycles. The molecule has 2 N–H and O–H groups in total. The maximum absolute atomic E-state index is 12.3. The van der Waals surface area contributed by atoms with Crippen LogP contribution in [-0.2, 0) is 11.3 Å². The molecule has 0 bridgehead atoms. The summed E-state index contributed by atoms with van der Waals surface area (Å²) in [5.41, 5.74) is 1.75. The number of carbonyl (C=O) groups excluding carboxylic acids is 1. The van der Waals surface area contributed by atoms with Crippen LogP contribution in [0.1, 0.15) is 53.2 Å². The number of rotatable bonds is 7. The minimum Gasteiger partial charge on any atom is -0.465 e. The van der Waals surface area contributed by atoms with Crippen LogP contribution in [-0.4, -0.2) is 25.2 Å². The van der Waals surface area contributed by atoms with Gasteiger partial charge in [0.25, 0.3) is 5.91 Å². The quantitative estimate of drug-likeness (QED) is 0.810. The van der Waals surface area contributed by atoms with Crippen molar-refractivity contribution in [2.45, 2.75) is 45.4 Å². The Hall–Kier alpha value is -2.11. The van der Waals surface area contributed by atoms with Crippen molar-refractivity contribution in [2.75, 3.05) is 13.2 Å². The highest BCUT2D eigenvalue weighted by Gasteiger charge is 2.17. The molecule has 1 aromatic heterocycles. The molecule has 0 unspecified atom stereocenters. The molecule has 0 saturated carbocycles. The van der Waals surface area contributed by atoms with Crippen molar-refractivity contribution < 1.29 is 13.9 Å². The minimum absolute atomic E-state index is 0.0490. The lowest BCUT2D eigenvalue weighted by molar-refractivity contribution is 0.0857. The van der Waals surface area contributed by atoms with Crippen LogP contribution < -0.4 is 10.6 Å². The van der Waals surface area contributed by atoms with E-state index >= 15 is 0 Å². The second-order valence-corrected chi connectivity index (χ2v) is 6.60. The maximum atomic E-state index is 12.3. The Kier molecular flexibility index (Phi) is 5.89. The van der Waals surface area contributed by atoms with Crippen LogP contribution in [0.3, 0.4) is 0 Å². The van der Waals surface area contributed by atoms with Gasteiger partial charge < -0.3 is 19.8 Å². The summed E-state index contributed by atoms with van der Waals surface area (Å²) in [6.45, 7) is 6.06. The van der Waals surface area contributed by atoms with Crippen molar-refractivity contribution in [2.24, 2.45) is 0 Å². The topological polar surface area (TPSA) is 63.5 Å². The number of aryl methyl sites for hydroxylation is 1. The fourth-order valence-electron chi connectivity index (χ4n) is 2.99. The molecule has 2 atom stereocenters. The smallest absolute Gasteiger partial charge is 0.251 e. The van der Waals surface area contributed by atoms with Crippen LogP contribution >= 0.6 is 0 Å². The van der Waals surface area contributed by atoms with Crippen molar-refractivity contribution in [3.63, 3.8) is 0 Å². The molecule has 1 aliphatic heterocycles. The first-order valence-electron chi connectivity index (χ1n) is 8.90. The molecule has 0 radical (unpaired) electrons. The average molecular weight is 342 g/mol. The van der Waals surface area contributed by atoms with Gasteiger partial charge in [-0.2, -0.15) is 0 Å². The van der Waals surface area contributed by atoms with Crippen molar-refractivity contribution in [3.05, 3.63) is 59.0 Å². The Bertz CT molecular complexity index is 704. The van der Waals surface area contributed by atoms with E-state index in [1.807, 2.05) is 43.3 Å². The fourth-order valence-corrected chi connectivity index (χ4v) is 2.99. The van der Waals surface area contributed by atoms with Gasteiger partial charge in [-0.1, -0.05) is 12.1 Å². The predicted octanol–water partition coefficient (Wildman–Crippen LogP) is 3.35. The third-order valence-corrected chi connectivity index (χ3v) is 4.50. The Morgan fingerprint density at radius 3 is 2.92 bits per heavy atom. The number of nitrogens with one attached hydrogen (secondary N) is 2. The highest BCUT2D eigenvalue weighted by molar-refractivity contribution is 5.94. The van der Waals surface area contributed by atoms with E-state index in [4.69, 9.17) is 9.15 Å². The van der Waals surface area contributed by atoms with E-state index in [0.29, 0.717) is 18.7 Å². The van der Waals surface area contributed by atoms with Crippen LogP contribution in [0.15, 0.2) is 40.8 Å². The molecule has 1 aliphatic rings. The third-order valence-electron chi connectivity index (χ3n) is 4.50. The van der Waals surface area contributed by atoms with Gasteiger partial charge in [0.2, 0.25) is 0 Å². The molecule has 3 rings (SSSR count). The van der Waals surface area contributed by atoms with Crippen LogP contribution in [0.4, 0.5) is 0 Å². The molecule has 1 aromatic carbocycles. The molecular formula is C20H26N2O3. The first-order chi connectivity index (χ1) is 12.1. The molecule has 1 amide bonds. The SMILES string of the molecule is Cc1ccc([C@@H](C)NCc2cccc(C(=O)NC[C@H]3CCCO3)c2)o1. The van der Waals surface area contributed by atoms with Crippen LogP contribution in [0.25, 0.3) is 0 Å². The summed E-state index contributed by atoms with van der Waals surface area (Å²) in [4.78, 5) is 12.3. The molecule has 134 valence electrons. The van der Waals surface area contributed by atoms with Gasteiger partial charge in [0, 0.05) is 25.3 Å². The van der Waals surface area contributed by atoms with E-state index in [1.54, 1.807) is 0 Å². The van der Waals surface area contributed by atoms with Crippen LogP contribution in [0.5, 0.6) is 0 Å². The third kappa shape index (κ3) is 4.94. The fraction of sp³-hybridized carbons (Fsp3) is 0.450. The second kappa shape index (κ2) is 8.32. The van der Waals surface area contributed by atoms with Crippen molar-refractivity contribution in [1.82, 2.24) is 10.6 Å². The van der Waals surface area contributed by atoms with Crippen molar-refractivity contribution >= 4 is 5.91 Å². The normalized spacial score (nSPS) is 18.2. The van der Waals surface area contributed by atoms with E-state index in [1.165, 1.54) is 0 Å². The Labute approximate surface area is 148 Å². The van der Waals surface area contributed by atoms with Gasteiger partial charge in [-0.3, -0.25) is 4.79 Å². The van der Waals surface area contributed by atoms with Crippen molar-refractivity contribution in [1.29, 1.82) is 0 Å². The Morgan fingerprint density at radius 1 is 1.32 bits per heavy atom. The number of carbonyl (C=O) groups is 1. The number of amides is 1. The lowest BCUT2D eigenvalue weighted by Gasteiger charge is -2.13. The molecule has 5 heteroatoms.